The van der Waals surface area contributed by atoms with Crippen LogP contribution in [-0.2, 0) is 9.59 Å². The van der Waals surface area contributed by atoms with Crippen molar-refractivity contribution in [1.29, 1.82) is 0 Å². The van der Waals surface area contributed by atoms with Gasteiger partial charge in [-0.05, 0) is 73.2 Å². The van der Waals surface area contributed by atoms with Crippen LogP contribution >= 0.6 is 34.8 Å². The fraction of sp³-hybridized carbons (Fsp3) is 0.0417. The summed E-state index contributed by atoms with van der Waals surface area (Å²) in [6.45, 7) is 1.74. The van der Waals surface area contributed by atoms with E-state index in [0.29, 0.717) is 32.7 Å². The molecule has 2 amide bonds. The second-order valence-electron chi connectivity index (χ2n) is 7.11. The number of hydrogen-bond donors (Lipinski definition) is 1. The number of ether oxygens (including phenoxy) is 1. The molecule has 1 aliphatic heterocycles. The molecule has 4 rings (SSSR count). The third-order valence-electron chi connectivity index (χ3n) is 4.82. The van der Waals surface area contributed by atoms with E-state index < -0.39 is 17.8 Å². The van der Waals surface area contributed by atoms with Crippen LogP contribution in [0.1, 0.15) is 15.9 Å². The summed E-state index contributed by atoms with van der Waals surface area (Å²) in [5.74, 6) is -1.49. The number of imide groups is 1. The van der Waals surface area contributed by atoms with Crippen molar-refractivity contribution in [2.75, 3.05) is 10.2 Å². The molecule has 1 N–H and O–H groups in total. The van der Waals surface area contributed by atoms with Crippen molar-refractivity contribution >= 4 is 64.0 Å². The summed E-state index contributed by atoms with van der Waals surface area (Å²) in [6, 6.07) is 17.5. The molecule has 1 heterocycles. The van der Waals surface area contributed by atoms with E-state index in [1.807, 2.05) is 0 Å². The first-order valence-corrected chi connectivity index (χ1v) is 10.8. The second kappa shape index (κ2) is 9.27. The highest BCUT2D eigenvalue weighted by Gasteiger charge is 2.39. The van der Waals surface area contributed by atoms with E-state index in [0.717, 1.165) is 4.90 Å². The van der Waals surface area contributed by atoms with Crippen LogP contribution in [0.4, 0.5) is 11.4 Å². The molecule has 0 fully saturated rings. The quantitative estimate of drug-likeness (QED) is 0.265. The van der Waals surface area contributed by atoms with Crippen molar-refractivity contribution in [3.05, 3.63) is 98.6 Å². The predicted molar refractivity (Wildman–Crippen MR) is 128 cm³/mol. The van der Waals surface area contributed by atoms with E-state index in [4.69, 9.17) is 39.5 Å². The summed E-state index contributed by atoms with van der Waals surface area (Å²) >= 11 is 18.1. The molecule has 9 heteroatoms. The Bertz CT molecular complexity index is 1320. The van der Waals surface area contributed by atoms with Crippen molar-refractivity contribution in [3.8, 4) is 5.75 Å². The van der Waals surface area contributed by atoms with Gasteiger partial charge in [0.1, 0.15) is 16.5 Å². The van der Waals surface area contributed by atoms with Crippen LogP contribution in [0.3, 0.4) is 0 Å². The van der Waals surface area contributed by atoms with Gasteiger partial charge in [-0.3, -0.25) is 9.59 Å². The molecule has 166 valence electrons. The van der Waals surface area contributed by atoms with Gasteiger partial charge < -0.3 is 10.1 Å². The average Bonchev–Trinajstić information content (AvgIpc) is 2.98. The third-order valence-corrected chi connectivity index (χ3v) is 5.64. The van der Waals surface area contributed by atoms with Crippen LogP contribution in [0.5, 0.6) is 5.75 Å². The Labute approximate surface area is 204 Å². The number of rotatable bonds is 5. The highest BCUT2D eigenvalue weighted by Crippen LogP contribution is 2.33. The van der Waals surface area contributed by atoms with Crippen molar-refractivity contribution in [2.24, 2.45) is 0 Å². The van der Waals surface area contributed by atoms with Crippen LogP contribution in [0.2, 0.25) is 10.0 Å². The molecule has 0 spiro atoms. The maximum absolute atomic E-state index is 13.0. The van der Waals surface area contributed by atoms with Crippen LogP contribution < -0.4 is 15.0 Å². The lowest BCUT2D eigenvalue weighted by atomic mass is 10.2. The molecule has 0 saturated carbocycles. The van der Waals surface area contributed by atoms with Gasteiger partial charge in [-0.15, -0.1) is 0 Å². The van der Waals surface area contributed by atoms with Gasteiger partial charge in [-0.2, -0.15) is 0 Å². The van der Waals surface area contributed by atoms with Gasteiger partial charge in [-0.1, -0.05) is 40.9 Å². The zero-order valence-corrected chi connectivity index (χ0v) is 19.3. The number of nitrogens with zero attached hydrogens (tertiary/aromatic N) is 1. The lowest BCUT2D eigenvalue weighted by Crippen LogP contribution is -2.32. The first-order chi connectivity index (χ1) is 15.7. The molecule has 3 aromatic carbocycles. The Hall–Kier alpha value is -3.32. The fourth-order valence-corrected chi connectivity index (χ4v) is 3.85. The van der Waals surface area contributed by atoms with Gasteiger partial charge in [0, 0.05) is 15.7 Å². The maximum Gasteiger partial charge on any atom is 0.343 e. The monoisotopic (exact) mass is 500 g/mol. The van der Waals surface area contributed by atoms with Crippen LogP contribution in [0.25, 0.3) is 0 Å². The molecule has 0 aromatic heterocycles. The molecule has 0 atom stereocenters. The van der Waals surface area contributed by atoms with Gasteiger partial charge >= 0.3 is 5.97 Å². The highest BCUT2D eigenvalue weighted by atomic mass is 35.5. The van der Waals surface area contributed by atoms with Crippen LogP contribution in [0.15, 0.2) is 77.5 Å². The highest BCUT2D eigenvalue weighted by molar-refractivity contribution is 6.53. The number of nitrogens with one attached hydrogen (secondary N) is 1. The van der Waals surface area contributed by atoms with E-state index in [1.165, 1.54) is 18.2 Å². The second-order valence-corrected chi connectivity index (χ2v) is 8.37. The molecule has 0 saturated heterocycles. The van der Waals surface area contributed by atoms with Gasteiger partial charge in [-0.25, -0.2) is 9.69 Å². The molecule has 0 aliphatic carbocycles. The Morgan fingerprint density at radius 2 is 1.58 bits per heavy atom. The summed E-state index contributed by atoms with van der Waals surface area (Å²) in [6.07, 6.45) is 0. The first kappa shape index (κ1) is 22.9. The Kier molecular flexibility index (Phi) is 6.42. The lowest BCUT2D eigenvalue weighted by Gasteiger charge is -2.17. The summed E-state index contributed by atoms with van der Waals surface area (Å²) in [5.41, 5.74) is 1.72. The number of amides is 2. The topological polar surface area (TPSA) is 75.7 Å². The minimum atomic E-state index is -0.642. The molecule has 33 heavy (non-hydrogen) atoms. The molecule has 6 nitrogen and oxygen atoms in total. The molecule has 0 radical (unpaired) electrons. The lowest BCUT2D eigenvalue weighted by molar-refractivity contribution is -0.120. The number of carbonyl (C=O) groups is 3. The fourth-order valence-electron chi connectivity index (χ4n) is 3.23. The summed E-state index contributed by atoms with van der Waals surface area (Å²) in [7, 11) is 0. The number of halogens is 3. The maximum atomic E-state index is 13.0. The van der Waals surface area contributed by atoms with Gasteiger partial charge in [0.05, 0.1) is 11.3 Å². The number of carbonyl (C=O) groups excluding carboxylic acids is 3. The molecular formula is C24H15Cl3N2O4. The largest absolute Gasteiger partial charge is 0.423 e. The van der Waals surface area contributed by atoms with Gasteiger partial charge in [0.25, 0.3) is 11.8 Å². The van der Waals surface area contributed by atoms with Crippen LogP contribution in [-0.4, -0.2) is 17.8 Å². The van der Waals surface area contributed by atoms with Crippen molar-refractivity contribution in [1.82, 2.24) is 0 Å². The van der Waals surface area contributed by atoms with E-state index in [9.17, 15) is 14.4 Å². The molecule has 3 aromatic rings. The van der Waals surface area contributed by atoms with Crippen molar-refractivity contribution in [3.63, 3.8) is 0 Å². The first-order valence-electron chi connectivity index (χ1n) is 9.64. The smallest absolute Gasteiger partial charge is 0.343 e. The molecule has 0 bridgehead atoms. The minimum absolute atomic E-state index is 0.0646. The normalized spacial score (nSPS) is 13.5. The average molecular weight is 502 g/mol. The zero-order valence-electron chi connectivity index (χ0n) is 17.1. The Balaban J connectivity index is 1.50. The Morgan fingerprint density at radius 3 is 2.24 bits per heavy atom. The Morgan fingerprint density at radius 1 is 0.879 bits per heavy atom. The van der Waals surface area contributed by atoms with E-state index in [1.54, 1.807) is 55.5 Å². The number of anilines is 2. The zero-order chi connectivity index (χ0) is 23.7. The van der Waals surface area contributed by atoms with E-state index >= 15 is 0 Å². The molecule has 1 aliphatic rings. The molecule has 0 unspecified atom stereocenters. The summed E-state index contributed by atoms with van der Waals surface area (Å²) in [5, 5.41) is 3.56. The van der Waals surface area contributed by atoms with E-state index in [-0.39, 0.29) is 16.3 Å². The van der Waals surface area contributed by atoms with Crippen molar-refractivity contribution < 1.29 is 19.1 Å². The molecular weight excluding hydrogens is 487 g/mol. The summed E-state index contributed by atoms with van der Waals surface area (Å²) < 4.78 is 5.30. The van der Waals surface area contributed by atoms with Gasteiger partial charge in [0.15, 0.2) is 0 Å². The van der Waals surface area contributed by atoms with E-state index in [2.05, 4.69) is 5.32 Å². The number of esters is 1. The van der Waals surface area contributed by atoms with Crippen molar-refractivity contribution in [2.45, 2.75) is 6.92 Å². The predicted octanol–water partition coefficient (Wildman–Crippen LogP) is 5.96. The van der Waals surface area contributed by atoms with Crippen LogP contribution in [0, 0.1) is 6.92 Å². The third kappa shape index (κ3) is 4.73. The summed E-state index contributed by atoms with van der Waals surface area (Å²) in [4.78, 5) is 39.0. The number of aryl methyl sites for hydroxylation is 1. The number of hydrogen-bond acceptors (Lipinski definition) is 5. The SMILES string of the molecule is Cc1cc(Cl)ccc1N1C(=O)C(Cl)=C(Nc2ccc(C(=O)Oc3cccc(Cl)c3)cc2)C1=O. The minimum Gasteiger partial charge on any atom is -0.423 e. The standard InChI is InChI=1S/C24H15Cl3N2O4/c1-13-11-16(26)7-10-19(13)29-22(30)20(27)21(23(29)31)28-17-8-5-14(6-9-17)24(32)33-18-4-2-3-15(25)12-18/h2-12,28H,1H3. The number of benzene rings is 3. The van der Waals surface area contributed by atoms with Gasteiger partial charge in [0.2, 0.25) is 0 Å².